The van der Waals surface area contributed by atoms with Crippen LogP contribution in [0.1, 0.15) is 31.7 Å². The Labute approximate surface area is 110 Å². The molecule has 17 heavy (non-hydrogen) atoms. The maximum absolute atomic E-state index is 6.21. The zero-order chi connectivity index (χ0) is 12.1. The van der Waals surface area contributed by atoms with Crippen LogP contribution in [0.3, 0.4) is 0 Å². The summed E-state index contributed by atoms with van der Waals surface area (Å²) in [5.41, 5.74) is 1.32. The third-order valence-corrected chi connectivity index (χ3v) is 4.22. The van der Waals surface area contributed by atoms with Crippen LogP contribution in [-0.2, 0) is 6.42 Å². The molecule has 1 N–H and O–H groups in total. The van der Waals surface area contributed by atoms with Crippen molar-refractivity contribution in [2.75, 3.05) is 13.1 Å². The van der Waals surface area contributed by atoms with Gasteiger partial charge in [0, 0.05) is 5.02 Å². The number of hydrogen-bond donors (Lipinski definition) is 1. The Balaban J connectivity index is 1.81. The van der Waals surface area contributed by atoms with Gasteiger partial charge in [-0.05, 0) is 62.2 Å². The third-order valence-electron chi connectivity index (χ3n) is 3.85. The lowest BCUT2D eigenvalue weighted by atomic mass is 9.70. The molecule has 0 aromatic heterocycles. The number of benzene rings is 1. The molecule has 2 rings (SSSR count). The second kappa shape index (κ2) is 6.42. The zero-order valence-corrected chi connectivity index (χ0v) is 11.3. The molecule has 0 spiro atoms. The third kappa shape index (κ3) is 3.46. The maximum Gasteiger partial charge on any atom is 0.0438 e. The fourth-order valence-electron chi connectivity index (χ4n) is 2.59. The van der Waals surface area contributed by atoms with Crippen LogP contribution in [0, 0.1) is 11.8 Å². The van der Waals surface area contributed by atoms with Gasteiger partial charge in [0.15, 0.2) is 0 Å². The molecule has 2 heteroatoms. The quantitative estimate of drug-likeness (QED) is 0.756. The lowest BCUT2D eigenvalue weighted by Crippen LogP contribution is -2.36. The van der Waals surface area contributed by atoms with E-state index in [2.05, 4.69) is 24.4 Å². The Morgan fingerprint density at radius 1 is 1.24 bits per heavy atom. The van der Waals surface area contributed by atoms with E-state index in [-0.39, 0.29) is 0 Å². The summed E-state index contributed by atoms with van der Waals surface area (Å²) in [5.74, 6) is 1.69. The molecule has 0 aliphatic heterocycles. The van der Waals surface area contributed by atoms with Crippen molar-refractivity contribution in [2.24, 2.45) is 11.8 Å². The van der Waals surface area contributed by atoms with Crippen LogP contribution in [0.4, 0.5) is 0 Å². The molecule has 2 atom stereocenters. The van der Waals surface area contributed by atoms with E-state index in [0.29, 0.717) is 0 Å². The molecule has 2 unspecified atom stereocenters. The van der Waals surface area contributed by atoms with Gasteiger partial charge in [0.25, 0.3) is 0 Å². The second-order valence-corrected chi connectivity index (χ2v) is 5.50. The molecule has 0 radical (unpaired) electrons. The first-order valence-corrected chi connectivity index (χ1v) is 7.13. The number of nitrogens with one attached hydrogen (secondary N) is 1. The Hall–Kier alpha value is -0.530. The summed E-state index contributed by atoms with van der Waals surface area (Å²) in [6.45, 7) is 4.55. The standard InChI is InChI=1S/C15H22ClN/c1-2-9-17-11-14-8-7-12(14)10-13-5-3-4-6-15(13)16/h3-6,12,14,17H,2,7-11H2,1H3. The highest BCUT2D eigenvalue weighted by Crippen LogP contribution is 2.37. The van der Waals surface area contributed by atoms with Crippen molar-refractivity contribution in [2.45, 2.75) is 32.6 Å². The normalized spacial score (nSPS) is 23.4. The molecule has 0 bridgehead atoms. The number of rotatable bonds is 6. The first-order chi connectivity index (χ1) is 8.31. The van der Waals surface area contributed by atoms with Crippen molar-refractivity contribution in [3.05, 3.63) is 34.9 Å². The van der Waals surface area contributed by atoms with Crippen molar-refractivity contribution >= 4 is 11.6 Å². The van der Waals surface area contributed by atoms with Gasteiger partial charge in [-0.3, -0.25) is 0 Å². The van der Waals surface area contributed by atoms with Gasteiger partial charge in [0.2, 0.25) is 0 Å². The minimum absolute atomic E-state index is 0.833. The van der Waals surface area contributed by atoms with Gasteiger partial charge in [-0.1, -0.05) is 36.7 Å². The molecule has 0 heterocycles. The highest BCUT2D eigenvalue weighted by atomic mass is 35.5. The van der Waals surface area contributed by atoms with Crippen LogP contribution in [-0.4, -0.2) is 13.1 Å². The Morgan fingerprint density at radius 3 is 2.65 bits per heavy atom. The summed E-state index contributed by atoms with van der Waals surface area (Å²) in [6, 6.07) is 8.26. The van der Waals surface area contributed by atoms with Crippen molar-refractivity contribution in [3.63, 3.8) is 0 Å². The van der Waals surface area contributed by atoms with Gasteiger partial charge in [-0.2, -0.15) is 0 Å². The van der Waals surface area contributed by atoms with Gasteiger partial charge < -0.3 is 5.32 Å². The Kier molecular flexibility index (Phi) is 4.87. The van der Waals surface area contributed by atoms with Crippen molar-refractivity contribution in [1.29, 1.82) is 0 Å². The average Bonchev–Trinajstić information content (AvgIpc) is 2.32. The summed E-state index contributed by atoms with van der Waals surface area (Å²) in [4.78, 5) is 0. The Morgan fingerprint density at radius 2 is 2.00 bits per heavy atom. The van der Waals surface area contributed by atoms with Crippen LogP contribution in [0.25, 0.3) is 0 Å². The molecular formula is C15H22ClN. The molecule has 1 saturated carbocycles. The monoisotopic (exact) mass is 251 g/mol. The molecular weight excluding hydrogens is 230 g/mol. The molecule has 1 aromatic carbocycles. The highest BCUT2D eigenvalue weighted by molar-refractivity contribution is 6.31. The van der Waals surface area contributed by atoms with Gasteiger partial charge in [0.1, 0.15) is 0 Å². The molecule has 1 aromatic rings. The first-order valence-electron chi connectivity index (χ1n) is 6.75. The molecule has 1 nitrogen and oxygen atoms in total. The van der Waals surface area contributed by atoms with Crippen LogP contribution >= 0.6 is 11.6 Å². The summed E-state index contributed by atoms with van der Waals surface area (Å²) in [7, 11) is 0. The van der Waals surface area contributed by atoms with Gasteiger partial charge in [-0.15, -0.1) is 0 Å². The van der Waals surface area contributed by atoms with Crippen molar-refractivity contribution in [3.8, 4) is 0 Å². The molecule has 0 amide bonds. The predicted octanol–water partition coefficient (Wildman–Crippen LogP) is 3.91. The smallest absolute Gasteiger partial charge is 0.0438 e. The number of halogens is 1. The van der Waals surface area contributed by atoms with Gasteiger partial charge in [0.05, 0.1) is 0 Å². The van der Waals surface area contributed by atoms with E-state index in [1.807, 2.05) is 12.1 Å². The van der Waals surface area contributed by atoms with Crippen LogP contribution in [0.5, 0.6) is 0 Å². The Bertz CT molecular complexity index is 351. The molecule has 1 fully saturated rings. The fourth-order valence-corrected chi connectivity index (χ4v) is 2.80. The van der Waals surface area contributed by atoms with E-state index >= 15 is 0 Å². The minimum atomic E-state index is 0.833. The lowest BCUT2D eigenvalue weighted by molar-refractivity contribution is 0.171. The van der Waals surface area contributed by atoms with Crippen molar-refractivity contribution < 1.29 is 0 Å². The van der Waals surface area contributed by atoms with Gasteiger partial charge in [-0.25, -0.2) is 0 Å². The first kappa shape index (κ1) is 12.9. The van der Waals surface area contributed by atoms with E-state index in [1.54, 1.807) is 0 Å². The molecule has 0 saturated heterocycles. The maximum atomic E-state index is 6.21. The van der Waals surface area contributed by atoms with E-state index in [4.69, 9.17) is 11.6 Å². The molecule has 94 valence electrons. The topological polar surface area (TPSA) is 12.0 Å². The predicted molar refractivity (Wildman–Crippen MR) is 74.5 cm³/mol. The SMILES string of the molecule is CCCNCC1CCC1Cc1ccccc1Cl. The van der Waals surface area contributed by atoms with Crippen LogP contribution in [0.15, 0.2) is 24.3 Å². The zero-order valence-electron chi connectivity index (χ0n) is 10.6. The average molecular weight is 252 g/mol. The van der Waals surface area contributed by atoms with E-state index < -0.39 is 0 Å². The summed E-state index contributed by atoms with van der Waals surface area (Å²) < 4.78 is 0. The fraction of sp³-hybridized carbons (Fsp3) is 0.600. The summed E-state index contributed by atoms with van der Waals surface area (Å²) in [5, 5.41) is 4.46. The lowest BCUT2D eigenvalue weighted by Gasteiger charge is -2.37. The van der Waals surface area contributed by atoms with E-state index in [0.717, 1.165) is 29.8 Å². The largest absolute Gasteiger partial charge is 0.316 e. The second-order valence-electron chi connectivity index (χ2n) is 5.10. The van der Waals surface area contributed by atoms with Gasteiger partial charge >= 0.3 is 0 Å². The summed E-state index contributed by atoms with van der Waals surface area (Å²) in [6.07, 6.45) is 5.12. The highest BCUT2D eigenvalue weighted by Gasteiger charge is 2.30. The van der Waals surface area contributed by atoms with E-state index in [9.17, 15) is 0 Å². The minimum Gasteiger partial charge on any atom is -0.316 e. The number of hydrogen-bond acceptors (Lipinski definition) is 1. The summed E-state index contributed by atoms with van der Waals surface area (Å²) >= 11 is 6.21. The van der Waals surface area contributed by atoms with Crippen LogP contribution in [0.2, 0.25) is 5.02 Å². The molecule has 1 aliphatic rings. The van der Waals surface area contributed by atoms with Crippen molar-refractivity contribution in [1.82, 2.24) is 5.32 Å². The van der Waals surface area contributed by atoms with E-state index in [1.165, 1.54) is 31.4 Å². The van der Waals surface area contributed by atoms with Crippen LogP contribution < -0.4 is 5.32 Å². The molecule has 1 aliphatic carbocycles.